The van der Waals surface area contributed by atoms with Crippen molar-refractivity contribution >= 4 is 22.1 Å². The lowest BCUT2D eigenvalue weighted by Gasteiger charge is -2.16. The normalized spacial score (nSPS) is 11.1. The Labute approximate surface area is 199 Å². The van der Waals surface area contributed by atoms with E-state index in [0.29, 0.717) is 11.1 Å². The molecule has 0 saturated carbocycles. The lowest BCUT2D eigenvalue weighted by molar-refractivity contribution is -0.254. The van der Waals surface area contributed by atoms with Gasteiger partial charge in [0.1, 0.15) is 16.1 Å². The van der Waals surface area contributed by atoms with Gasteiger partial charge in [-0.05, 0) is 46.5 Å². The smallest absolute Gasteiger partial charge is 0.129 e. The third-order valence-electron chi connectivity index (χ3n) is 4.82. The molecule has 0 heterocycles. The molecule has 3 rings (SSSR count). The molecule has 0 aliphatic rings. The zero-order valence-corrected chi connectivity index (χ0v) is 22.2. The molecule has 0 spiro atoms. The first-order valence-electron chi connectivity index (χ1n) is 11.0. The molecule has 0 fully saturated rings. The molecule has 0 aromatic heterocycles. The summed E-state index contributed by atoms with van der Waals surface area (Å²) in [4.78, 5) is 12.2. The van der Waals surface area contributed by atoms with Gasteiger partial charge in [-0.2, -0.15) is 0 Å². The van der Waals surface area contributed by atoms with Crippen LogP contribution in [0, 0.1) is 22.9 Å². The highest BCUT2D eigenvalue weighted by Gasteiger charge is 2.13. The van der Waals surface area contributed by atoms with Crippen LogP contribution in [0.2, 0.25) is 39.3 Å². The van der Waals surface area contributed by atoms with Gasteiger partial charge in [0, 0.05) is 16.7 Å². The van der Waals surface area contributed by atoms with Gasteiger partial charge in [-0.25, -0.2) is 0 Å². The highest BCUT2D eigenvalue weighted by molar-refractivity contribution is 6.84. The quantitative estimate of drug-likeness (QED) is 0.360. The van der Waals surface area contributed by atoms with Crippen molar-refractivity contribution in [3.8, 4) is 45.2 Å². The van der Waals surface area contributed by atoms with Crippen molar-refractivity contribution in [2.75, 3.05) is 0 Å². The number of aromatic carboxylic acids is 1. The maximum atomic E-state index is 12.2. The van der Waals surface area contributed by atoms with E-state index in [1.165, 1.54) is 0 Å². The Morgan fingerprint density at radius 2 is 1.00 bits per heavy atom. The van der Waals surface area contributed by atoms with Gasteiger partial charge in [-0.3, -0.25) is 0 Å². The molecular weight excluding hydrogens is 436 g/mol. The molecule has 3 aromatic rings. The van der Waals surface area contributed by atoms with E-state index in [9.17, 15) is 9.90 Å². The number of carbonyl (C=O) groups is 1. The summed E-state index contributed by atoms with van der Waals surface area (Å²) in [5.74, 6) is 5.29. The second-order valence-corrected chi connectivity index (χ2v) is 19.7. The van der Waals surface area contributed by atoms with E-state index >= 15 is 0 Å². The largest absolute Gasteiger partial charge is 0.545 e. The number of rotatable bonds is 3. The molecule has 0 aliphatic carbocycles. The summed E-state index contributed by atoms with van der Waals surface area (Å²) in [7, 11) is -2.92. The van der Waals surface area contributed by atoms with Crippen LogP contribution in [0.1, 0.15) is 21.5 Å². The first-order valence-corrected chi connectivity index (χ1v) is 18.0. The first kappa shape index (κ1) is 24.3. The zero-order valence-electron chi connectivity index (χ0n) is 20.2. The van der Waals surface area contributed by atoms with Crippen LogP contribution in [0.3, 0.4) is 0 Å². The van der Waals surface area contributed by atoms with Crippen LogP contribution in [-0.2, 0) is 0 Å². The van der Waals surface area contributed by atoms with Crippen molar-refractivity contribution in [1.82, 2.24) is 0 Å². The monoisotopic (exact) mass is 465 g/mol. The summed E-state index contributed by atoms with van der Waals surface area (Å²) in [6.07, 6.45) is 0. The molecule has 33 heavy (non-hydrogen) atoms. The fraction of sp³-hybridized carbons (Fsp3) is 0.207. The number of benzene rings is 3. The van der Waals surface area contributed by atoms with Gasteiger partial charge in [-0.1, -0.05) is 93.6 Å². The molecule has 2 nitrogen and oxygen atoms in total. The maximum absolute atomic E-state index is 12.2. The van der Waals surface area contributed by atoms with E-state index in [-0.39, 0.29) is 5.56 Å². The Morgan fingerprint density at radius 1 is 0.636 bits per heavy atom. The van der Waals surface area contributed by atoms with Gasteiger partial charge in [0.25, 0.3) is 0 Å². The van der Waals surface area contributed by atoms with Crippen LogP contribution in [0.15, 0.2) is 66.7 Å². The van der Waals surface area contributed by atoms with Crippen molar-refractivity contribution in [2.45, 2.75) is 39.3 Å². The van der Waals surface area contributed by atoms with Gasteiger partial charge in [0.15, 0.2) is 0 Å². The van der Waals surface area contributed by atoms with Crippen molar-refractivity contribution in [3.63, 3.8) is 0 Å². The highest BCUT2D eigenvalue weighted by atomic mass is 28.3. The number of carboxylic acids is 1. The van der Waals surface area contributed by atoms with Crippen LogP contribution in [-0.4, -0.2) is 22.1 Å². The summed E-state index contributed by atoms with van der Waals surface area (Å²) in [6.45, 7) is 13.2. The van der Waals surface area contributed by atoms with E-state index in [4.69, 9.17) is 0 Å². The van der Waals surface area contributed by atoms with E-state index < -0.39 is 22.1 Å². The Kier molecular flexibility index (Phi) is 7.13. The van der Waals surface area contributed by atoms with E-state index in [2.05, 4.69) is 62.2 Å². The van der Waals surface area contributed by atoms with Gasteiger partial charge in [-0.15, -0.1) is 11.1 Å². The number of carbonyl (C=O) groups excluding carboxylic acids is 1. The second-order valence-electron chi connectivity index (χ2n) is 10.2. The average Bonchev–Trinajstić information content (AvgIpc) is 2.75. The van der Waals surface area contributed by atoms with E-state index in [0.717, 1.165) is 22.3 Å². The molecule has 166 valence electrons. The topological polar surface area (TPSA) is 40.1 Å². The highest BCUT2D eigenvalue weighted by Crippen LogP contribution is 2.32. The molecule has 0 saturated heterocycles. The maximum Gasteiger partial charge on any atom is 0.129 e. The number of hydrogen-bond donors (Lipinski definition) is 0. The summed E-state index contributed by atoms with van der Waals surface area (Å²) >= 11 is 0. The van der Waals surface area contributed by atoms with Crippen molar-refractivity contribution in [2.24, 2.45) is 0 Å². The molecule has 0 bridgehead atoms. The van der Waals surface area contributed by atoms with Crippen LogP contribution < -0.4 is 5.11 Å². The average molecular weight is 466 g/mol. The fourth-order valence-electron chi connectivity index (χ4n) is 3.24. The van der Waals surface area contributed by atoms with E-state index in [1.807, 2.05) is 66.7 Å². The molecule has 3 aromatic carbocycles. The molecule has 0 unspecified atom stereocenters. The minimum Gasteiger partial charge on any atom is -0.545 e. The van der Waals surface area contributed by atoms with Crippen LogP contribution in [0.4, 0.5) is 0 Å². The Morgan fingerprint density at radius 3 is 1.30 bits per heavy atom. The molecule has 0 aliphatic heterocycles. The molecule has 0 atom stereocenters. The van der Waals surface area contributed by atoms with Gasteiger partial charge in [0.2, 0.25) is 0 Å². The fourth-order valence-corrected chi connectivity index (χ4v) is 4.28. The molecule has 4 heteroatoms. The summed E-state index contributed by atoms with van der Waals surface area (Å²) < 4.78 is 0. The summed E-state index contributed by atoms with van der Waals surface area (Å²) in [5, 5.41) is 12.2. The van der Waals surface area contributed by atoms with Crippen molar-refractivity contribution in [1.29, 1.82) is 0 Å². The zero-order chi connectivity index (χ0) is 24.2. The Balaban J connectivity index is 2.01. The Hall–Kier alpha value is -3.32. The lowest BCUT2D eigenvalue weighted by Crippen LogP contribution is -2.24. The molecule has 0 amide bonds. The third kappa shape index (κ3) is 6.83. The SMILES string of the molecule is C[Si](C)(C)C#Cc1ccc(-c2cccc(-c3ccc(C#C[Si](C)(C)C)cc3)c2C(=O)[O-])cc1. The Bertz CT molecular complexity index is 1190. The standard InChI is InChI=1S/C29H30O2Si2/c1-32(2,3)20-18-22-10-14-24(15-11-22)26-8-7-9-27(28(26)29(30)31)25-16-12-23(13-17-25)19-21-33(4,5)6/h7-17H,1-6H3,(H,30,31)/p-1. The molecule has 0 N–H and O–H groups in total. The number of hydrogen-bond acceptors (Lipinski definition) is 2. The minimum atomic E-state index is -1.46. The minimum absolute atomic E-state index is 0.194. The molecular formula is C29H29O2Si2-. The predicted molar refractivity (Wildman–Crippen MR) is 142 cm³/mol. The summed E-state index contributed by atoms with van der Waals surface area (Å²) in [5.41, 5.74) is 11.7. The summed E-state index contributed by atoms with van der Waals surface area (Å²) in [6, 6.07) is 21.0. The van der Waals surface area contributed by atoms with Crippen molar-refractivity contribution in [3.05, 3.63) is 83.4 Å². The lowest BCUT2D eigenvalue weighted by atomic mass is 9.91. The number of carboxylic acid groups (broad SMARTS) is 1. The van der Waals surface area contributed by atoms with Crippen LogP contribution in [0.25, 0.3) is 22.3 Å². The van der Waals surface area contributed by atoms with Gasteiger partial charge < -0.3 is 9.90 Å². The first-order chi connectivity index (χ1) is 15.4. The van der Waals surface area contributed by atoms with E-state index in [1.54, 1.807) is 0 Å². The predicted octanol–water partition coefficient (Wildman–Crippen LogP) is 5.84. The third-order valence-corrected chi connectivity index (χ3v) is 6.57. The van der Waals surface area contributed by atoms with Crippen LogP contribution in [0.5, 0.6) is 0 Å². The van der Waals surface area contributed by atoms with Crippen molar-refractivity contribution < 1.29 is 9.90 Å². The molecule has 0 radical (unpaired) electrons. The second kappa shape index (κ2) is 9.67. The van der Waals surface area contributed by atoms with Crippen LogP contribution >= 0.6 is 0 Å². The van der Waals surface area contributed by atoms with Gasteiger partial charge >= 0.3 is 0 Å². The van der Waals surface area contributed by atoms with Gasteiger partial charge in [0.05, 0.1) is 5.97 Å².